The number of nitrogens with zero attached hydrogens (tertiary/aromatic N) is 1. The van der Waals surface area contributed by atoms with Crippen molar-refractivity contribution in [3.05, 3.63) is 93.4 Å². The van der Waals surface area contributed by atoms with Gasteiger partial charge < -0.3 is 14.8 Å². The Morgan fingerprint density at radius 3 is 2.72 bits per heavy atom. The molecule has 0 radical (unpaired) electrons. The third-order valence-corrected chi connectivity index (χ3v) is 5.24. The molecule has 1 atom stereocenters. The number of carboxylic acids is 1. The number of aryl methyl sites for hydroxylation is 1. The molecule has 1 aliphatic heterocycles. The maximum absolute atomic E-state index is 12.9. The number of hydrogen-bond acceptors (Lipinski definition) is 6. The van der Waals surface area contributed by atoms with Crippen molar-refractivity contribution in [2.45, 2.75) is 19.9 Å². The van der Waals surface area contributed by atoms with Crippen molar-refractivity contribution in [2.24, 2.45) is 4.99 Å². The fourth-order valence-corrected chi connectivity index (χ4v) is 3.62. The molecule has 0 spiro atoms. The zero-order chi connectivity index (χ0) is 23.0. The van der Waals surface area contributed by atoms with Crippen molar-refractivity contribution in [3.63, 3.8) is 0 Å². The molecule has 32 heavy (non-hydrogen) atoms. The Morgan fingerprint density at radius 1 is 1.25 bits per heavy atom. The number of aliphatic imine (C=N–C) groups is 1. The number of aromatic carboxylic acids is 1. The third-order valence-electron chi connectivity index (χ3n) is 5.24. The molecule has 7 heteroatoms. The average molecular weight is 427 g/mol. The maximum atomic E-state index is 12.9. The summed E-state index contributed by atoms with van der Waals surface area (Å²) in [7, 11) is 0. The number of para-hydroxylation sites is 1. The van der Waals surface area contributed by atoms with Crippen LogP contribution in [0.2, 0.25) is 0 Å². The van der Waals surface area contributed by atoms with Gasteiger partial charge in [0.15, 0.2) is 11.2 Å². The highest BCUT2D eigenvalue weighted by molar-refractivity contribution is 6.39. The average Bonchev–Trinajstić information content (AvgIpc) is 2.75. The molecule has 0 amide bonds. The van der Waals surface area contributed by atoms with E-state index in [0.717, 1.165) is 5.56 Å². The van der Waals surface area contributed by atoms with E-state index >= 15 is 0 Å². The van der Waals surface area contributed by atoms with Gasteiger partial charge in [0.1, 0.15) is 11.3 Å². The Balaban J connectivity index is 1.84. The normalized spacial score (nSPS) is 14.4. The lowest BCUT2D eigenvalue weighted by Gasteiger charge is -2.19. The SMILES string of the molecule is C=C1C=C(c2cc(=O)c3cc(C)cc(C(C)Nc4ccccc4C(=O)O)c3o2)N=CC1=N. The van der Waals surface area contributed by atoms with E-state index in [0.29, 0.717) is 33.5 Å². The molecule has 4 rings (SSSR count). The molecule has 1 aliphatic rings. The molecular formula is C25H21N3O4. The predicted octanol–water partition coefficient (Wildman–Crippen LogP) is 4.97. The maximum Gasteiger partial charge on any atom is 0.337 e. The van der Waals surface area contributed by atoms with Crippen LogP contribution in [0.25, 0.3) is 16.7 Å². The van der Waals surface area contributed by atoms with Gasteiger partial charge >= 0.3 is 5.97 Å². The summed E-state index contributed by atoms with van der Waals surface area (Å²) in [6, 6.07) is 11.3. The predicted molar refractivity (Wildman–Crippen MR) is 126 cm³/mol. The lowest BCUT2D eigenvalue weighted by molar-refractivity contribution is 0.0698. The van der Waals surface area contributed by atoms with E-state index in [4.69, 9.17) is 9.83 Å². The highest BCUT2D eigenvalue weighted by atomic mass is 16.4. The van der Waals surface area contributed by atoms with Crippen LogP contribution in [0, 0.1) is 12.3 Å². The molecule has 2 aromatic carbocycles. The molecule has 1 unspecified atom stereocenters. The van der Waals surface area contributed by atoms with E-state index in [1.54, 1.807) is 30.3 Å². The van der Waals surface area contributed by atoms with Crippen LogP contribution in [-0.2, 0) is 0 Å². The van der Waals surface area contributed by atoms with Crippen LogP contribution in [0.4, 0.5) is 5.69 Å². The summed E-state index contributed by atoms with van der Waals surface area (Å²) in [5.74, 6) is -0.758. The number of carbonyl (C=O) groups is 1. The minimum Gasteiger partial charge on any atom is -0.478 e. The van der Waals surface area contributed by atoms with E-state index < -0.39 is 5.97 Å². The Hall–Kier alpha value is -4.26. The topological polar surface area (TPSA) is 116 Å². The number of hydrogen-bond donors (Lipinski definition) is 3. The van der Waals surface area contributed by atoms with Gasteiger partial charge in [-0.1, -0.05) is 24.8 Å². The summed E-state index contributed by atoms with van der Waals surface area (Å²) >= 11 is 0. The third kappa shape index (κ3) is 3.88. The quantitative estimate of drug-likeness (QED) is 0.531. The van der Waals surface area contributed by atoms with Crippen LogP contribution in [0.15, 0.2) is 74.9 Å². The van der Waals surface area contributed by atoms with Crippen molar-refractivity contribution >= 4 is 40.2 Å². The highest BCUT2D eigenvalue weighted by Crippen LogP contribution is 2.31. The molecular weight excluding hydrogens is 406 g/mol. The van der Waals surface area contributed by atoms with Crippen LogP contribution in [-0.4, -0.2) is 23.0 Å². The summed E-state index contributed by atoms with van der Waals surface area (Å²) in [5.41, 5.74) is 3.48. The fourth-order valence-electron chi connectivity index (χ4n) is 3.62. The van der Waals surface area contributed by atoms with E-state index in [1.165, 1.54) is 18.3 Å². The van der Waals surface area contributed by atoms with Gasteiger partial charge in [0.2, 0.25) is 0 Å². The van der Waals surface area contributed by atoms with Crippen LogP contribution < -0.4 is 10.7 Å². The zero-order valence-corrected chi connectivity index (χ0v) is 17.6. The van der Waals surface area contributed by atoms with Gasteiger partial charge in [-0.3, -0.25) is 15.2 Å². The zero-order valence-electron chi connectivity index (χ0n) is 17.6. The van der Waals surface area contributed by atoms with E-state index in [2.05, 4.69) is 16.9 Å². The lowest BCUT2D eigenvalue weighted by Crippen LogP contribution is -2.13. The molecule has 0 aliphatic carbocycles. The Morgan fingerprint density at radius 2 is 2.00 bits per heavy atom. The van der Waals surface area contributed by atoms with Crippen molar-refractivity contribution in [1.82, 2.24) is 0 Å². The van der Waals surface area contributed by atoms with Crippen molar-refractivity contribution in [3.8, 4) is 0 Å². The van der Waals surface area contributed by atoms with Crippen LogP contribution in [0.1, 0.15) is 40.2 Å². The first-order valence-electron chi connectivity index (χ1n) is 9.96. The summed E-state index contributed by atoms with van der Waals surface area (Å²) < 4.78 is 6.14. The summed E-state index contributed by atoms with van der Waals surface area (Å²) in [6.07, 6.45) is 2.97. The molecule has 3 aromatic rings. The van der Waals surface area contributed by atoms with Gasteiger partial charge in [0, 0.05) is 17.3 Å². The summed E-state index contributed by atoms with van der Waals surface area (Å²) in [5, 5.41) is 20.9. The van der Waals surface area contributed by atoms with Crippen LogP contribution in [0.5, 0.6) is 0 Å². The number of carboxylic acid groups (broad SMARTS) is 1. The molecule has 7 nitrogen and oxygen atoms in total. The number of allylic oxidation sites excluding steroid dienone is 2. The lowest BCUT2D eigenvalue weighted by atomic mass is 10.00. The Kier molecular flexibility index (Phi) is 5.32. The van der Waals surface area contributed by atoms with Gasteiger partial charge in [0.25, 0.3) is 0 Å². The monoisotopic (exact) mass is 427 g/mol. The van der Waals surface area contributed by atoms with Gasteiger partial charge in [-0.25, -0.2) is 4.79 Å². The van der Waals surface area contributed by atoms with Crippen LogP contribution in [0.3, 0.4) is 0 Å². The second-order valence-electron chi connectivity index (χ2n) is 7.65. The molecule has 0 fully saturated rings. The number of nitrogens with one attached hydrogen (secondary N) is 2. The Bertz CT molecular complexity index is 1410. The minimum absolute atomic E-state index is 0.154. The van der Waals surface area contributed by atoms with E-state index in [9.17, 15) is 14.7 Å². The minimum atomic E-state index is -1.03. The van der Waals surface area contributed by atoms with Crippen molar-refractivity contribution in [1.29, 1.82) is 5.41 Å². The molecule has 160 valence electrons. The van der Waals surface area contributed by atoms with Gasteiger partial charge in [-0.2, -0.15) is 0 Å². The second-order valence-corrected chi connectivity index (χ2v) is 7.65. The highest BCUT2D eigenvalue weighted by Gasteiger charge is 2.19. The second kappa shape index (κ2) is 8.11. The number of benzene rings is 2. The van der Waals surface area contributed by atoms with E-state index in [1.807, 2.05) is 19.9 Å². The summed E-state index contributed by atoms with van der Waals surface area (Å²) in [6.45, 7) is 7.57. The van der Waals surface area contributed by atoms with E-state index in [-0.39, 0.29) is 28.5 Å². The van der Waals surface area contributed by atoms with Gasteiger partial charge in [0.05, 0.1) is 28.9 Å². The molecule has 2 heterocycles. The standard InChI is InChI=1S/C25H21N3O4/c1-13-8-17(15(3)28-20-7-5-4-6-16(20)25(30)31)24-18(9-13)22(29)11-23(32-24)21-10-14(2)19(26)12-27-21/h4-12,15,26,28H,2H2,1,3H3,(H,30,31). The van der Waals surface area contributed by atoms with Crippen molar-refractivity contribution in [2.75, 3.05) is 5.32 Å². The molecule has 0 saturated carbocycles. The molecule has 0 bridgehead atoms. The molecule has 1 aromatic heterocycles. The summed E-state index contributed by atoms with van der Waals surface area (Å²) in [4.78, 5) is 28.7. The first-order valence-corrected chi connectivity index (χ1v) is 9.96. The van der Waals surface area contributed by atoms with Crippen molar-refractivity contribution < 1.29 is 14.3 Å². The number of anilines is 1. The van der Waals surface area contributed by atoms with Gasteiger partial charge in [-0.15, -0.1) is 0 Å². The first kappa shape index (κ1) is 21.0. The fraction of sp³-hybridized carbons (Fsp3) is 0.120. The first-order chi connectivity index (χ1) is 15.2. The largest absolute Gasteiger partial charge is 0.478 e. The molecule has 3 N–H and O–H groups in total. The van der Waals surface area contributed by atoms with Gasteiger partial charge in [-0.05, 0) is 49.3 Å². The number of fused-ring (bicyclic) bond motifs is 1. The number of rotatable bonds is 5. The Labute approximate surface area is 183 Å². The molecule has 0 saturated heterocycles. The smallest absolute Gasteiger partial charge is 0.337 e. The van der Waals surface area contributed by atoms with Crippen LogP contribution >= 0.6 is 0 Å².